The summed E-state index contributed by atoms with van der Waals surface area (Å²) < 4.78 is 12.8. The molecule has 2 aromatic carbocycles. The summed E-state index contributed by atoms with van der Waals surface area (Å²) >= 11 is 0. The van der Waals surface area contributed by atoms with Crippen LogP contribution in [-0.2, 0) is 6.54 Å². The lowest BCUT2D eigenvalue weighted by Crippen LogP contribution is -2.42. The minimum absolute atomic E-state index is 0.651. The second-order valence-electron chi connectivity index (χ2n) is 8.05. The molecule has 4 aromatic rings. The highest BCUT2D eigenvalue weighted by Crippen LogP contribution is 2.32. The van der Waals surface area contributed by atoms with Gasteiger partial charge < -0.3 is 24.5 Å². The molecule has 0 spiro atoms. The monoisotopic (exact) mass is 444 g/mol. The molecule has 1 aliphatic rings. The topological polar surface area (TPSA) is 76.0 Å². The van der Waals surface area contributed by atoms with E-state index in [1.165, 1.54) is 5.56 Å². The lowest BCUT2D eigenvalue weighted by atomic mass is 10.1. The zero-order valence-electron chi connectivity index (χ0n) is 18.9. The normalized spacial score (nSPS) is 14.4. The van der Waals surface area contributed by atoms with Gasteiger partial charge in [0.25, 0.3) is 0 Å². The van der Waals surface area contributed by atoms with Crippen LogP contribution in [0.5, 0.6) is 11.5 Å². The van der Waals surface area contributed by atoms with Crippen molar-refractivity contribution in [3.8, 4) is 22.8 Å². The molecule has 0 amide bonds. The molecule has 0 atom stereocenters. The average molecular weight is 445 g/mol. The number of methoxy groups -OCH3 is 2. The van der Waals surface area contributed by atoms with Gasteiger partial charge in [-0.2, -0.15) is 0 Å². The molecule has 170 valence electrons. The van der Waals surface area contributed by atoms with Crippen LogP contribution in [0.1, 0.15) is 5.56 Å². The van der Waals surface area contributed by atoms with E-state index in [-0.39, 0.29) is 0 Å². The summed E-state index contributed by atoms with van der Waals surface area (Å²) in [5.74, 6) is 2.00. The van der Waals surface area contributed by atoms with Crippen LogP contribution in [0.25, 0.3) is 16.9 Å². The Morgan fingerprint density at radius 1 is 1.00 bits per heavy atom. The van der Waals surface area contributed by atoms with Crippen molar-refractivity contribution in [1.82, 2.24) is 24.6 Å². The van der Waals surface area contributed by atoms with Gasteiger partial charge in [0.2, 0.25) is 0 Å². The molecule has 0 unspecified atom stereocenters. The van der Waals surface area contributed by atoms with E-state index in [9.17, 15) is 0 Å². The number of nitrogens with zero attached hydrogens (tertiary/aromatic N) is 4. The fraction of sp³-hybridized carbons (Fsp3) is 0.280. The van der Waals surface area contributed by atoms with Crippen LogP contribution in [0.3, 0.4) is 0 Å². The summed E-state index contributed by atoms with van der Waals surface area (Å²) in [6.07, 6.45) is 5.71. The first-order valence-electron chi connectivity index (χ1n) is 11.1. The number of rotatable bonds is 7. The highest BCUT2D eigenvalue weighted by Gasteiger charge is 2.13. The first-order valence-corrected chi connectivity index (χ1v) is 11.1. The van der Waals surface area contributed by atoms with E-state index in [2.05, 4.69) is 44.8 Å². The third kappa shape index (κ3) is 4.62. The van der Waals surface area contributed by atoms with Crippen molar-refractivity contribution < 1.29 is 9.47 Å². The van der Waals surface area contributed by atoms with Crippen molar-refractivity contribution in [1.29, 1.82) is 0 Å². The summed E-state index contributed by atoms with van der Waals surface area (Å²) in [5.41, 5.74) is 4.84. The molecule has 5 rings (SSSR count). The van der Waals surface area contributed by atoms with Gasteiger partial charge in [-0.05, 0) is 17.7 Å². The van der Waals surface area contributed by atoms with Crippen molar-refractivity contribution in [3.05, 3.63) is 66.6 Å². The number of hydrogen-bond acceptors (Lipinski definition) is 7. The molecule has 8 nitrogen and oxygen atoms in total. The molecule has 1 fully saturated rings. The summed E-state index contributed by atoms with van der Waals surface area (Å²) in [7, 11) is 3.25. The molecule has 3 heterocycles. The Balaban J connectivity index is 1.42. The summed E-state index contributed by atoms with van der Waals surface area (Å²) in [5, 5.41) is 6.79. The van der Waals surface area contributed by atoms with Gasteiger partial charge in [-0.3, -0.25) is 4.90 Å². The van der Waals surface area contributed by atoms with Crippen molar-refractivity contribution in [3.63, 3.8) is 0 Å². The first-order chi connectivity index (χ1) is 16.2. The molecule has 1 aliphatic heterocycles. The number of nitrogens with one attached hydrogen (secondary N) is 2. The van der Waals surface area contributed by atoms with Crippen LogP contribution >= 0.6 is 0 Å². The molecule has 8 heteroatoms. The smallest absolute Gasteiger partial charge is 0.180 e. The van der Waals surface area contributed by atoms with Gasteiger partial charge in [0.15, 0.2) is 23.0 Å². The number of hydrogen-bond donors (Lipinski definition) is 2. The van der Waals surface area contributed by atoms with Crippen LogP contribution in [-0.4, -0.2) is 59.7 Å². The molecule has 33 heavy (non-hydrogen) atoms. The van der Waals surface area contributed by atoms with Gasteiger partial charge in [-0.1, -0.05) is 24.3 Å². The van der Waals surface area contributed by atoms with Crippen LogP contribution in [0.15, 0.2) is 61.1 Å². The molecular weight excluding hydrogens is 416 g/mol. The zero-order valence-corrected chi connectivity index (χ0v) is 18.9. The van der Waals surface area contributed by atoms with Crippen LogP contribution in [0, 0.1) is 0 Å². The maximum absolute atomic E-state index is 5.43. The molecule has 2 aromatic heterocycles. The van der Waals surface area contributed by atoms with Crippen LogP contribution < -0.4 is 20.1 Å². The van der Waals surface area contributed by atoms with Gasteiger partial charge in [0.1, 0.15) is 0 Å². The quantitative estimate of drug-likeness (QED) is 0.451. The van der Waals surface area contributed by atoms with E-state index in [0.29, 0.717) is 17.3 Å². The van der Waals surface area contributed by atoms with E-state index in [1.54, 1.807) is 20.4 Å². The number of piperazine rings is 1. The Morgan fingerprint density at radius 2 is 1.79 bits per heavy atom. The highest BCUT2D eigenvalue weighted by atomic mass is 16.5. The average Bonchev–Trinajstić information content (AvgIpc) is 3.34. The third-order valence-corrected chi connectivity index (χ3v) is 5.89. The Bertz CT molecular complexity index is 1230. The lowest BCUT2D eigenvalue weighted by molar-refractivity contribution is 0.233. The Hall–Kier alpha value is -3.62. The summed E-state index contributed by atoms with van der Waals surface area (Å²) in [6, 6.07) is 14.4. The van der Waals surface area contributed by atoms with Gasteiger partial charge >= 0.3 is 0 Å². The number of imidazole rings is 1. The number of ether oxygens (including phenoxy) is 2. The Morgan fingerprint density at radius 3 is 2.55 bits per heavy atom. The number of aromatic nitrogens is 3. The number of anilines is 2. The van der Waals surface area contributed by atoms with Crippen LogP contribution in [0.4, 0.5) is 11.5 Å². The predicted octanol–water partition coefficient (Wildman–Crippen LogP) is 3.56. The van der Waals surface area contributed by atoms with Crippen molar-refractivity contribution in [2.24, 2.45) is 0 Å². The molecule has 0 radical (unpaired) electrons. The maximum Gasteiger partial charge on any atom is 0.180 e. The van der Waals surface area contributed by atoms with E-state index in [0.717, 1.165) is 55.3 Å². The second kappa shape index (κ2) is 9.48. The minimum Gasteiger partial charge on any atom is -0.493 e. The van der Waals surface area contributed by atoms with Gasteiger partial charge in [0.05, 0.1) is 19.9 Å². The van der Waals surface area contributed by atoms with E-state index in [4.69, 9.17) is 14.5 Å². The fourth-order valence-electron chi connectivity index (χ4n) is 4.11. The van der Waals surface area contributed by atoms with E-state index in [1.807, 2.05) is 35.0 Å². The van der Waals surface area contributed by atoms with Gasteiger partial charge in [-0.15, -0.1) is 0 Å². The largest absolute Gasteiger partial charge is 0.493 e. The third-order valence-electron chi connectivity index (χ3n) is 5.89. The highest BCUT2D eigenvalue weighted by molar-refractivity contribution is 5.74. The van der Waals surface area contributed by atoms with E-state index >= 15 is 0 Å². The van der Waals surface area contributed by atoms with E-state index < -0.39 is 0 Å². The molecule has 0 bridgehead atoms. The zero-order chi connectivity index (χ0) is 22.6. The van der Waals surface area contributed by atoms with Crippen LogP contribution in [0.2, 0.25) is 0 Å². The van der Waals surface area contributed by atoms with Gasteiger partial charge in [-0.25, -0.2) is 9.97 Å². The standard InChI is InChI=1S/C25H28N6O2/c1-32-22-8-7-20(15-23(22)33-2)28-24-25-27-11-14-31(25)17-21(29-24)19-5-3-18(4-6-19)16-30-12-9-26-10-13-30/h3-8,11,14-15,17,26H,9-10,12-13,16H2,1-2H3,(H,28,29). The van der Waals surface area contributed by atoms with Crippen molar-refractivity contribution >= 4 is 17.2 Å². The molecule has 0 saturated carbocycles. The molecule has 1 saturated heterocycles. The number of benzene rings is 2. The Labute approximate surface area is 193 Å². The minimum atomic E-state index is 0.651. The number of fused-ring (bicyclic) bond motifs is 1. The van der Waals surface area contributed by atoms with Crippen molar-refractivity contribution in [2.75, 3.05) is 45.7 Å². The SMILES string of the molecule is COc1ccc(Nc2nc(-c3ccc(CN4CCNCC4)cc3)cn3ccnc23)cc1OC. The molecule has 0 aliphatic carbocycles. The Kier molecular flexibility index (Phi) is 6.10. The summed E-state index contributed by atoms with van der Waals surface area (Å²) in [4.78, 5) is 11.9. The lowest BCUT2D eigenvalue weighted by Gasteiger charge is -2.27. The van der Waals surface area contributed by atoms with Gasteiger partial charge in [0, 0.05) is 68.6 Å². The fourth-order valence-corrected chi connectivity index (χ4v) is 4.11. The second-order valence-corrected chi connectivity index (χ2v) is 8.05. The first kappa shape index (κ1) is 21.2. The predicted molar refractivity (Wildman–Crippen MR) is 129 cm³/mol. The summed E-state index contributed by atoms with van der Waals surface area (Å²) in [6.45, 7) is 5.27. The molecular formula is C25H28N6O2. The molecule has 2 N–H and O–H groups in total. The van der Waals surface area contributed by atoms with Crippen molar-refractivity contribution in [2.45, 2.75) is 6.54 Å². The maximum atomic E-state index is 5.43.